The van der Waals surface area contributed by atoms with Gasteiger partial charge in [-0.3, -0.25) is 0 Å². The van der Waals surface area contributed by atoms with Gasteiger partial charge in [-0.2, -0.15) is 10.5 Å². The van der Waals surface area contributed by atoms with E-state index in [1.165, 1.54) is 88.2 Å². The molecule has 0 heterocycles. The number of nitrogens with zero attached hydrogens (tertiary/aromatic N) is 2. The Hall–Kier alpha value is -4.19. The van der Waals surface area contributed by atoms with E-state index >= 15 is 0 Å². The molecular weight excluding hydrogens is 741 g/mol. The van der Waals surface area contributed by atoms with E-state index in [-0.39, 0.29) is 10.5 Å². The maximum atomic E-state index is 10.8. The van der Waals surface area contributed by atoms with Crippen molar-refractivity contribution in [2.24, 2.45) is 11.8 Å². The third kappa shape index (κ3) is 12.0. The molecule has 0 amide bonds. The van der Waals surface area contributed by atoms with Crippen LogP contribution in [0.3, 0.4) is 0 Å². The van der Waals surface area contributed by atoms with Crippen molar-refractivity contribution in [1.82, 2.24) is 0 Å². The Labute approximate surface area is 361 Å². The summed E-state index contributed by atoms with van der Waals surface area (Å²) < 4.78 is 12.2. The fraction of sp³-hybridized carbons (Fsp3) is 0.519. The monoisotopic (exact) mass is 809 g/mol. The van der Waals surface area contributed by atoms with Gasteiger partial charge in [-0.1, -0.05) is 115 Å². The van der Waals surface area contributed by atoms with Crippen molar-refractivity contribution in [3.63, 3.8) is 0 Å². The van der Waals surface area contributed by atoms with Gasteiger partial charge in [0.15, 0.2) is 0 Å². The lowest BCUT2D eigenvalue weighted by molar-refractivity contribution is 0.308. The van der Waals surface area contributed by atoms with Crippen molar-refractivity contribution in [1.29, 1.82) is 10.5 Å². The molecule has 4 aromatic rings. The Balaban J connectivity index is 1.39. The summed E-state index contributed by atoms with van der Waals surface area (Å²) in [5.74, 6) is 4.40. The fourth-order valence-corrected chi connectivity index (χ4v) is 11.2. The van der Waals surface area contributed by atoms with Gasteiger partial charge in [-0.25, -0.2) is 0 Å². The molecule has 2 aliphatic rings. The van der Waals surface area contributed by atoms with Crippen LogP contribution in [0.5, 0.6) is 11.5 Å². The molecule has 0 bridgehead atoms. The zero-order chi connectivity index (χ0) is 41.4. The molecule has 0 radical (unpaired) electrons. The smallest absolute Gasteiger partial charge is 0.119 e. The number of hydrogen-bond donors (Lipinski definition) is 0. The second-order valence-corrected chi connectivity index (χ2v) is 18.6. The van der Waals surface area contributed by atoms with Crippen LogP contribution in [0.2, 0.25) is 0 Å². The molecule has 59 heavy (non-hydrogen) atoms. The SMILES string of the molecule is CCCCOc1ccc(C(SC(c2ccc(OCCCC)cc2)c2ccc(C3CCC(CCC)CC3)cc2C#N)c2ccc(C3CCC(CCC)CC3)cc2C#N)cc1. The molecule has 0 saturated heterocycles. The number of ether oxygens (including phenoxy) is 2. The van der Waals surface area contributed by atoms with Crippen LogP contribution in [0.15, 0.2) is 84.9 Å². The summed E-state index contributed by atoms with van der Waals surface area (Å²) in [6.45, 7) is 10.3. The van der Waals surface area contributed by atoms with E-state index in [0.717, 1.165) is 82.4 Å². The molecule has 0 spiro atoms. The van der Waals surface area contributed by atoms with Crippen LogP contribution in [0.25, 0.3) is 0 Å². The average molecular weight is 809 g/mol. The Morgan fingerprint density at radius 2 is 0.915 bits per heavy atom. The number of rotatable bonds is 20. The van der Waals surface area contributed by atoms with Crippen LogP contribution in [0, 0.1) is 34.5 Å². The third-order valence-corrected chi connectivity index (χ3v) is 14.8. The van der Waals surface area contributed by atoms with Gasteiger partial charge in [0, 0.05) is 0 Å². The molecule has 2 atom stereocenters. The van der Waals surface area contributed by atoms with Crippen molar-refractivity contribution >= 4 is 11.8 Å². The average Bonchev–Trinajstić information content (AvgIpc) is 3.28. The van der Waals surface area contributed by atoms with Gasteiger partial charge in [0.1, 0.15) is 11.5 Å². The van der Waals surface area contributed by atoms with E-state index in [1.807, 2.05) is 11.8 Å². The van der Waals surface area contributed by atoms with Crippen LogP contribution < -0.4 is 9.47 Å². The van der Waals surface area contributed by atoms with Gasteiger partial charge in [0.25, 0.3) is 0 Å². The molecular formula is C54H68N2O2S. The molecule has 0 aliphatic heterocycles. The van der Waals surface area contributed by atoms with Crippen LogP contribution in [-0.4, -0.2) is 13.2 Å². The first-order valence-corrected chi connectivity index (χ1v) is 24.1. The second kappa shape index (κ2) is 23.0. The first kappa shape index (κ1) is 44.4. The molecule has 0 aromatic heterocycles. The van der Waals surface area contributed by atoms with Gasteiger partial charge in [0.05, 0.1) is 47.0 Å². The third-order valence-electron chi connectivity index (χ3n) is 13.2. The fourth-order valence-electron chi connectivity index (χ4n) is 9.64. The zero-order valence-electron chi connectivity index (χ0n) is 36.4. The van der Waals surface area contributed by atoms with E-state index in [9.17, 15) is 10.5 Å². The van der Waals surface area contributed by atoms with E-state index in [4.69, 9.17) is 9.47 Å². The minimum absolute atomic E-state index is 0.172. The number of nitriles is 2. The highest BCUT2D eigenvalue weighted by Crippen LogP contribution is 2.51. The van der Waals surface area contributed by atoms with Crippen molar-refractivity contribution in [3.05, 3.63) is 129 Å². The largest absolute Gasteiger partial charge is 0.494 e. The van der Waals surface area contributed by atoms with E-state index in [1.54, 1.807) is 0 Å². The summed E-state index contributed by atoms with van der Waals surface area (Å²) in [7, 11) is 0. The number of unbranched alkanes of at least 4 members (excludes halogenated alkanes) is 2. The maximum absolute atomic E-state index is 10.8. The van der Waals surface area contributed by atoms with Crippen LogP contribution in [-0.2, 0) is 0 Å². The number of hydrogen-bond acceptors (Lipinski definition) is 5. The standard InChI is InChI=1S/C54H68N2O2S/c1-5-9-33-57-49-27-21-43(22-28-49)53(51-31-25-45(35-47(51)37-55)41-17-13-39(11-7-3)14-18-41)59-54(44-23-29-50(30-24-44)58-34-10-6-2)52-32-26-46(36-48(52)38-56)42-19-15-40(12-8-4)16-20-42/h21-32,35-36,39-42,53-54H,5-20,33-34H2,1-4H3. The number of benzene rings is 4. The second-order valence-electron chi connectivity index (χ2n) is 17.4. The highest BCUT2D eigenvalue weighted by molar-refractivity contribution is 8.00. The quantitative estimate of drug-likeness (QED) is 0.0832. The minimum Gasteiger partial charge on any atom is -0.494 e. The van der Waals surface area contributed by atoms with Gasteiger partial charge in [0.2, 0.25) is 0 Å². The van der Waals surface area contributed by atoms with Crippen molar-refractivity contribution in [2.75, 3.05) is 13.2 Å². The Morgan fingerprint density at radius 3 is 1.25 bits per heavy atom. The topological polar surface area (TPSA) is 66.0 Å². The lowest BCUT2D eigenvalue weighted by atomic mass is 9.77. The summed E-state index contributed by atoms with van der Waals surface area (Å²) in [6.07, 6.45) is 19.2. The first-order valence-electron chi connectivity index (χ1n) is 23.2. The Morgan fingerprint density at radius 1 is 0.525 bits per heavy atom. The van der Waals surface area contributed by atoms with Crippen molar-refractivity contribution in [2.45, 2.75) is 153 Å². The molecule has 2 fully saturated rings. The summed E-state index contributed by atoms with van der Waals surface area (Å²) in [6, 6.07) is 35.8. The zero-order valence-corrected chi connectivity index (χ0v) is 37.2. The minimum atomic E-state index is -0.172. The lowest BCUT2D eigenvalue weighted by Gasteiger charge is -2.30. The molecule has 2 aliphatic carbocycles. The van der Waals surface area contributed by atoms with Crippen molar-refractivity contribution in [3.8, 4) is 23.6 Å². The Kier molecular flexibility index (Phi) is 17.3. The van der Waals surface area contributed by atoms with E-state index in [0.29, 0.717) is 25.0 Å². The number of thioether (sulfide) groups is 1. The lowest BCUT2D eigenvalue weighted by Crippen LogP contribution is -2.14. The van der Waals surface area contributed by atoms with Crippen LogP contribution in [0.4, 0.5) is 0 Å². The van der Waals surface area contributed by atoms with Crippen LogP contribution in [0.1, 0.15) is 197 Å². The molecule has 312 valence electrons. The molecule has 2 unspecified atom stereocenters. The summed E-state index contributed by atoms with van der Waals surface area (Å²) in [5, 5.41) is 21.4. The first-order chi connectivity index (χ1) is 29.0. The van der Waals surface area contributed by atoms with Gasteiger partial charge in [-0.15, -0.1) is 11.8 Å². The normalized spacial score (nSPS) is 20.2. The molecule has 4 nitrogen and oxygen atoms in total. The molecule has 4 aromatic carbocycles. The van der Waals surface area contributed by atoms with Gasteiger partial charge < -0.3 is 9.47 Å². The Bertz CT molecular complexity index is 1820. The molecule has 0 N–H and O–H groups in total. The molecule has 6 rings (SSSR count). The summed E-state index contributed by atoms with van der Waals surface area (Å²) >= 11 is 1.83. The molecule has 2 saturated carbocycles. The summed E-state index contributed by atoms with van der Waals surface area (Å²) in [4.78, 5) is 0. The maximum Gasteiger partial charge on any atom is 0.119 e. The predicted octanol–water partition coefficient (Wildman–Crippen LogP) is 15.5. The molecule has 5 heteroatoms. The van der Waals surface area contributed by atoms with Gasteiger partial charge >= 0.3 is 0 Å². The predicted molar refractivity (Wildman–Crippen MR) is 246 cm³/mol. The van der Waals surface area contributed by atoms with E-state index in [2.05, 4.69) is 125 Å². The van der Waals surface area contributed by atoms with Gasteiger partial charge in [-0.05, 0) is 158 Å². The van der Waals surface area contributed by atoms with Crippen molar-refractivity contribution < 1.29 is 9.47 Å². The van der Waals surface area contributed by atoms with Crippen LogP contribution >= 0.6 is 11.8 Å². The summed E-state index contributed by atoms with van der Waals surface area (Å²) in [5.41, 5.74) is 8.35. The highest BCUT2D eigenvalue weighted by atomic mass is 32.2. The highest BCUT2D eigenvalue weighted by Gasteiger charge is 2.30. The van der Waals surface area contributed by atoms with E-state index < -0.39 is 0 Å².